The predicted molar refractivity (Wildman–Crippen MR) is 90.2 cm³/mol. The molecule has 0 saturated carbocycles. The molecule has 120 valence electrons. The lowest BCUT2D eigenvalue weighted by atomic mass is 9.92. The van der Waals surface area contributed by atoms with Gasteiger partial charge in [-0.1, -0.05) is 6.92 Å². The van der Waals surface area contributed by atoms with Crippen molar-refractivity contribution in [2.24, 2.45) is 5.92 Å². The summed E-state index contributed by atoms with van der Waals surface area (Å²) in [6.07, 6.45) is 2.48. The van der Waals surface area contributed by atoms with Crippen LogP contribution in [0.4, 0.5) is 5.82 Å². The molecule has 0 bridgehead atoms. The Bertz CT molecular complexity index is 752. The zero-order chi connectivity index (χ0) is 16.4. The molecule has 2 aromatic heterocycles. The van der Waals surface area contributed by atoms with Gasteiger partial charge in [-0.2, -0.15) is 5.26 Å². The number of rotatable bonds is 3. The molecule has 6 nitrogen and oxygen atoms in total. The summed E-state index contributed by atoms with van der Waals surface area (Å²) in [4.78, 5) is 25.7. The van der Waals surface area contributed by atoms with Crippen molar-refractivity contribution < 1.29 is 4.79 Å². The van der Waals surface area contributed by atoms with Gasteiger partial charge in [-0.05, 0) is 23.8 Å². The van der Waals surface area contributed by atoms with Gasteiger partial charge in [0.1, 0.15) is 23.4 Å². The molecule has 1 aliphatic heterocycles. The van der Waals surface area contributed by atoms with E-state index in [1.165, 1.54) is 0 Å². The first-order chi connectivity index (χ1) is 11.1. The maximum atomic E-state index is 12.0. The summed E-state index contributed by atoms with van der Waals surface area (Å²) in [6.45, 7) is 3.57. The van der Waals surface area contributed by atoms with E-state index >= 15 is 0 Å². The molecule has 3 heterocycles. The second-order valence-electron chi connectivity index (χ2n) is 5.96. The van der Waals surface area contributed by atoms with Crippen LogP contribution in [0.25, 0.3) is 10.2 Å². The van der Waals surface area contributed by atoms with E-state index in [2.05, 4.69) is 21.8 Å². The summed E-state index contributed by atoms with van der Waals surface area (Å²) in [5.74, 6) is 1.28. The van der Waals surface area contributed by atoms with Crippen molar-refractivity contribution in [3.05, 3.63) is 17.8 Å². The van der Waals surface area contributed by atoms with Crippen LogP contribution < -0.4 is 4.90 Å². The molecule has 0 unspecified atom stereocenters. The molecule has 0 radical (unpaired) electrons. The van der Waals surface area contributed by atoms with Gasteiger partial charge < -0.3 is 9.80 Å². The Hall–Kier alpha value is -2.20. The molecule has 0 aliphatic carbocycles. The number of hydrogen-bond acceptors (Lipinski definition) is 6. The van der Waals surface area contributed by atoms with Crippen LogP contribution in [0.5, 0.6) is 0 Å². The van der Waals surface area contributed by atoms with E-state index in [-0.39, 0.29) is 18.4 Å². The number of aromatic nitrogens is 2. The predicted octanol–water partition coefficient (Wildman–Crippen LogP) is 2.28. The topological polar surface area (TPSA) is 73.1 Å². The van der Waals surface area contributed by atoms with Crippen LogP contribution in [-0.2, 0) is 4.79 Å². The first-order valence-electron chi connectivity index (χ1n) is 7.67. The average molecular weight is 329 g/mol. The van der Waals surface area contributed by atoms with Crippen LogP contribution in [0, 0.1) is 17.2 Å². The maximum absolute atomic E-state index is 12.0. The highest BCUT2D eigenvalue weighted by molar-refractivity contribution is 7.16. The number of likely N-dealkylation sites (N-methyl/N-ethyl adjacent to an activating group) is 1. The Labute approximate surface area is 139 Å². The SMILES string of the molecule is C[C@@H]1CCN(C(=O)CC#N)C[C@@H]1N(C)c1ncnc2sccc12. The summed E-state index contributed by atoms with van der Waals surface area (Å²) in [5.41, 5.74) is 0. The van der Waals surface area contributed by atoms with Gasteiger partial charge in [0.15, 0.2) is 0 Å². The van der Waals surface area contributed by atoms with Gasteiger partial charge in [0.25, 0.3) is 0 Å². The molecule has 1 aliphatic rings. The second-order valence-corrected chi connectivity index (χ2v) is 6.85. The van der Waals surface area contributed by atoms with Gasteiger partial charge >= 0.3 is 0 Å². The van der Waals surface area contributed by atoms with Gasteiger partial charge in [0, 0.05) is 20.1 Å². The molecule has 2 aromatic rings. The molecule has 0 aromatic carbocycles. The molecule has 0 N–H and O–H groups in total. The first-order valence-corrected chi connectivity index (χ1v) is 8.55. The van der Waals surface area contributed by atoms with Crippen LogP contribution in [0.15, 0.2) is 17.8 Å². The van der Waals surface area contributed by atoms with Gasteiger partial charge in [0.05, 0.1) is 17.5 Å². The van der Waals surface area contributed by atoms with Crippen molar-refractivity contribution >= 4 is 33.3 Å². The first kappa shape index (κ1) is 15.7. The van der Waals surface area contributed by atoms with Crippen molar-refractivity contribution in [1.82, 2.24) is 14.9 Å². The number of thiophene rings is 1. The Morgan fingerprint density at radius 2 is 2.39 bits per heavy atom. The number of anilines is 1. The summed E-state index contributed by atoms with van der Waals surface area (Å²) < 4.78 is 0. The van der Waals surface area contributed by atoms with Crippen LogP contribution >= 0.6 is 11.3 Å². The highest BCUT2D eigenvalue weighted by Crippen LogP contribution is 2.30. The van der Waals surface area contributed by atoms with E-state index in [1.54, 1.807) is 22.6 Å². The van der Waals surface area contributed by atoms with E-state index in [0.29, 0.717) is 12.5 Å². The molecular formula is C16H19N5OS. The van der Waals surface area contributed by atoms with Gasteiger partial charge in [-0.3, -0.25) is 4.79 Å². The standard InChI is InChI=1S/C16H19N5OS/c1-11-4-7-21(14(22)3-6-17)9-13(11)20(2)15-12-5-8-23-16(12)19-10-18-15/h5,8,10-11,13H,3-4,7,9H2,1-2H3/t11-,13+/m1/s1. The minimum atomic E-state index is -0.0823. The molecule has 1 fully saturated rings. The lowest BCUT2D eigenvalue weighted by molar-refractivity contribution is -0.131. The lowest BCUT2D eigenvalue weighted by Gasteiger charge is -2.42. The number of carbonyl (C=O) groups is 1. The van der Waals surface area contributed by atoms with Crippen molar-refractivity contribution in [3.8, 4) is 6.07 Å². The van der Waals surface area contributed by atoms with Crippen molar-refractivity contribution in [3.63, 3.8) is 0 Å². The fourth-order valence-electron chi connectivity index (χ4n) is 3.17. The molecule has 1 amide bonds. The molecule has 23 heavy (non-hydrogen) atoms. The highest BCUT2D eigenvalue weighted by atomic mass is 32.1. The third-order valence-electron chi connectivity index (χ3n) is 4.57. The largest absolute Gasteiger partial charge is 0.354 e. The van der Waals surface area contributed by atoms with Crippen LogP contribution in [0.2, 0.25) is 0 Å². The number of carbonyl (C=O) groups excluding carboxylic acids is 1. The summed E-state index contributed by atoms with van der Waals surface area (Å²) in [5, 5.41) is 11.8. The third-order valence-corrected chi connectivity index (χ3v) is 5.39. The summed E-state index contributed by atoms with van der Waals surface area (Å²) in [7, 11) is 2.03. The van der Waals surface area contributed by atoms with Crippen molar-refractivity contribution in [1.29, 1.82) is 5.26 Å². The zero-order valence-electron chi connectivity index (χ0n) is 13.3. The molecule has 1 saturated heterocycles. The van der Waals surface area contributed by atoms with E-state index in [9.17, 15) is 4.79 Å². The van der Waals surface area contributed by atoms with Crippen molar-refractivity contribution in [2.45, 2.75) is 25.8 Å². The fourth-order valence-corrected chi connectivity index (χ4v) is 3.90. The number of nitrogens with zero attached hydrogens (tertiary/aromatic N) is 5. The Morgan fingerprint density at radius 1 is 1.57 bits per heavy atom. The van der Waals surface area contributed by atoms with Crippen LogP contribution in [0.3, 0.4) is 0 Å². The van der Waals surface area contributed by atoms with E-state index in [1.807, 2.05) is 24.6 Å². The third kappa shape index (κ3) is 2.99. The molecule has 3 rings (SSSR count). The molecule has 0 spiro atoms. The van der Waals surface area contributed by atoms with Crippen LogP contribution in [0.1, 0.15) is 19.8 Å². The zero-order valence-corrected chi connectivity index (χ0v) is 14.1. The van der Waals surface area contributed by atoms with Crippen molar-refractivity contribution in [2.75, 3.05) is 25.0 Å². The van der Waals surface area contributed by atoms with Gasteiger partial charge in [0.2, 0.25) is 5.91 Å². The number of amides is 1. The van der Waals surface area contributed by atoms with Crippen LogP contribution in [-0.4, -0.2) is 47.0 Å². The van der Waals surface area contributed by atoms with E-state index in [0.717, 1.165) is 29.0 Å². The van der Waals surface area contributed by atoms with Gasteiger partial charge in [-0.15, -0.1) is 11.3 Å². The fraction of sp³-hybridized carbons (Fsp3) is 0.500. The highest BCUT2D eigenvalue weighted by Gasteiger charge is 2.32. The monoisotopic (exact) mass is 329 g/mol. The Balaban J connectivity index is 1.85. The number of hydrogen-bond donors (Lipinski definition) is 0. The van der Waals surface area contributed by atoms with Gasteiger partial charge in [-0.25, -0.2) is 9.97 Å². The summed E-state index contributed by atoms with van der Waals surface area (Å²) >= 11 is 1.60. The lowest BCUT2D eigenvalue weighted by Crippen LogP contribution is -2.52. The second kappa shape index (κ2) is 6.50. The summed E-state index contributed by atoms with van der Waals surface area (Å²) in [6, 6.07) is 4.17. The minimum absolute atomic E-state index is 0.0485. The molecular weight excluding hydrogens is 310 g/mol. The molecule has 2 atom stereocenters. The smallest absolute Gasteiger partial charge is 0.236 e. The average Bonchev–Trinajstić information content (AvgIpc) is 3.03. The number of fused-ring (bicyclic) bond motifs is 1. The Morgan fingerprint density at radius 3 is 3.17 bits per heavy atom. The number of nitriles is 1. The van der Waals surface area contributed by atoms with E-state index in [4.69, 9.17) is 5.26 Å². The van der Waals surface area contributed by atoms with E-state index < -0.39 is 0 Å². The minimum Gasteiger partial charge on any atom is -0.354 e. The Kier molecular flexibility index (Phi) is 4.44. The number of likely N-dealkylation sites (tertiary alicyclic amines) is 1. The number of piperidine rings is 1. The normalized spacial score (nSPS) is 21.2. The molecule has 7 heteroatoms. The quantitative estimate of drug-likeness (QED) is 0.864. The maximum Gasteiger partial charge on any atom is 0.236 e.